The summed E-state index contributed by atoms with van der Waals surface area (Å²) in [6.07, 6.45) is -3.01. The summed E-state index contributed by atoms with van der Waals surface area (Å²) in [6, 6.07) is 7.74. The topological polar surface area (TPSA) is 75.8 Å². The van der Waals surface area contributed by atoms with Gasteiger partial charge in [-0.2, -0.15) is 18.3 Å². The lowest BCUT2D eigenvalue weighted by Gasteiger charge is -2.33. The molecule has 3 aromatic rings. The normalized spacial score (nSPS) is 15.8. The van der Waals surface area contributed by atoms with Gasteiger partial charge in [-0.25, -0.2) is 9.67 Å². The Labute approximate surface area is 170 Å². The number of halogens is 4. The molecular formula is C19H20ClF3N6. The number of hydrogen-bond acceptors (Lipinski definition) is 4. The average molecular weight is 425 g/mol. The molecule has 0 amide bonds. The fourth-order valence-electron chi connectivity index (χ4n) is 3.81. The summed E-state index contributed by atoms with van der Waals surface area (Å²) in [4.78, 5) is 9.29. The van der Waals surface area contributed by atoms with Gasteiger partial charge in [-0.3, -0.25) is 0 Å². The summed E-state index contributed by atoms with van der Waals surface area (Å²) in [5.74, 6) is 0.995. The Bertz CT molecular complexity index is 1020. The van der Waals surface area contributed by atoms with Crippen LogP contribution < -0.4 is 10.6 Å². The number of piperidine rings is 1. The van der Waals surface area contributed by atoms with Crippen LogP contribution in [-0.2, 0) is 6.18 Å². The van der Waals surface area contributed by atoms with Crippen LogP contribution in [0.4, 0.5) is 24.9 Å². The van der Waals surface area contributed by atoms with Crippen LogP contribution in [0.25, 0.3) is 5.69 Å². The first-order chi connectivity index (χ1) is 13.7. The van der Waals surface area contributed by atoms with Gasteiger partial charge in [0.2, 0.25) is 0 Å². The molecule has 1 aliphatic heterocycles. The molecule has 1 fully saturated rings. The molecule has 0 bridgehead atoms. The molecule has 6 nitrogen and oxygen atoms in total. The number of anilines is 2. The summed E-state index contributed by atoms with van der Waals surface area (Å²) in [5, 5.41) is 4.25. The third kappa shape index (κ3) is 3.91. The van der Waals surface area contributed by atoms with E-state index < -0.39 is 11.9 Å². The number of H-pyrrole nitrogens is 1. The van der Waals surface area contributed by atoms with E-state index in [1.807, 2.05) is 11.8 Å². The Balaban J connectivity index is 1.63. The number of aromatic nitrogens is 4. The number of nitrogens with two attached hydrogens (primary N) is 1. The third-order valence-corrected chi connectivity index (χ3v) is 5.42. The van der Waals surface area contributed by atoms with E-state index in [2.05, 4.69) is 15.1 Å². The zero-order chi connectivity index (χ0) is 20.8. The van der Waals surface area contributed by atoms with Gasteiger partial charge in [-0.1, -0.05) is 17.7 Å². The summed E-state index contributed by atoms with van der Waals surface area (Å²) < 4.78 is 41.3. The minimum atomic E-state index is -4.53. The molecule has 10 heteroatoms. The Morgan fingerprint density at radius 3 is 2.52 bits per heavy atom. The predicted molar refractivity (Wildman–Crippen MR) is 106 cm³/mol. The number of hydrogen-bond donors (Lipinski definition) is 2. The Morgan fingerprint density at radius 1 is 1.21 bits per heavy atom. The lowest BCUT2D eigenvalue weighted by molar-refractivity contribution is -0.141. The van der Waals surface area contributed by atoms with Crippen molar-refractivity contribution in [2.45, 2.75) is 31.9 Å². The fraction of sp³-hybridized carbons (Fsp3) is 0.368. The number of imidazole rings is 1. The molecule has 29 heavy (non-hydrogen) atoms. The number of nitrogen functional groups attached to an aromatic ring is 1. The molecule has 0 unspecified atom stereocenters. The summed E-state index contributed by atoms with van der Waals surface area (Å²) in [7, 11) is 0. The molecule has 4 rings (SSSR count). The largest absolute Gasteiger partial charge is 0.435 e. The minimum Gasteiger partial charge on any atom is -0.369 e. The highest BCUT2D eigenvalue weighted by atomic mass is 35.5. The van der Waals surface area contributed by atoms with Gasteiger partial charge in [0, 0.05) is 35.8 Å². The number of aromatic amines is 1. The first-order valence-electron chi connectivity index (χ1n) is 9.22. The molecule has 0 radical (unpaired) electrons. The number of nitrogens with one attached hydrogen (secondary N) is 1. The lowest BCUT2D eigenvalue weighted by atomic mass is 9.92. The Hall–Kier alpha value is -2.68. The molecule has 0 spiro atoms. The fourth-order valence-corrected chi connectivity index (χ4v) is 3.99. The lowest BCUT2D eigenvalue weighted by Crippen LogP contribution is -2.34. The second-order valence-electron chi connectivity index (χ2n) is 7.17. The van der Waals surface area contributed by atoms with Crippen molar-refractivity contribution in [3.63, 3.8) is 0 Å². The van der Waals surface area contributed by atoms with E-state index in [0.29, 0.717) is 35.6 Å². The molecule has 0 saturated carbocycles. The highest BCUT2D eigenvalue weighted by Crippen LogP contribution is 2.36. The molecule has 3 N–H and O–H groups in total. The smallest absolute Gasteiger partial charge is 0.369 e. The van der Waals surface area contributed by atoms with E-state index in [4.69, 9.17) is 17.3 Å². The maximum atomic E-state index is 13.3. The van der Waals surface area contributed by atoms with E-state index >= 15 is 0 Å². The second kappa shape index (κ2) is 7.29. The zero-order valence-corrected chi connectivity index (χ0v) is 16.4. The van der Waals surface area contributed by atoms with Crippen LogP contribution in [0.5, 0.6) is 0 Å². The Morgan fingerprint density at radius 2 is 1.93 bits per heavy atom. The molecular weight excluding hydrogens is 405 g/mol. The van der Waals surface area contributed by atoms with Gasteiger partial charge >= 0.3 is 6.18 Å². The SMILES string of the molecule is Cc1[nH]c(N)nc1C1CCN(c2cc(C(F)(F)F)nn2-c2cccc(Cl)c2)CC1. The van der Waals surface area contributed by atoms with Crippen molar-refractivity contribution in [3.8, 4) is 5.69 Å². The summed E-state index contributed by atoms with van der Waals surface area (Å²) in [6.45, 7) is 3.09. The van der Waals surface area contributed by atoms with Crippen molar-refractivity contribution in [2.24, 2.45) is 0 Å². The van der Waals surface area contributed by atoms with Crippen LogP contribution in [0.1, 0.15) is 35.8 Å². The molecule has 1 aromatic carbocycles. The maximum Gasteiger partial charge on any atom is 0.435 e. The van der Waals surface area contributed by atoms with E-state index in [0.717, 1.165) is 30.3 Å². The van der Waals surface area contributed by atoms with Crippen LogP contribution in [-0.4, -0.2) is 32.8 Å². The Kier molecular flexibility index (Phi) is 4.94. The number of rotatable bonds is 3. The number of alkyl halides is 3. The van der Waals surface area contributed by atoms with Crippen molar-refractivity contribution in [1.29, 1.82) is 0 Å². The van der Waals surface area contributed by atoms with E-state index in [1.54, 1.807) is 24.3 Å². The molecule has 154 valence electrons. The molecule has 0 aliphatic carbocycles. The van der Waals surface area contributed by atoms with Crippen molar-refractivity contribution < 1.29 is 13.2 Å². The number of aryl methyl sites for hydroxylation is 1. The van der Waals surface area contributed by atoms with Gasteiger partial charge in [0.1, 0.15) is 5.82 Å². The van der Waals surface area contributed by atoms with Crippen molar-refractivity contribution in [3.05, 3.63) is 52.4 Å². The predicted octanol–water partition coefficient (Wildman–Crippen LogP) is 4.54. The number of nitrogens with zero attached hydrogens (tertiary/aromatic N) is 4. The van der Waals surface area contributed by atoms with Crippen LogP contribution >= 0.6 is 11.6 Å². The molecule has 3 heterocycles. The summed E-state index contributed by atoms with van der Waals surface area (Å²) in [5.41, 5.74) is 7.17. The van der Waals surface area contributed by atoms with Crippen LogP contribution in [0.3, 0.4) is 0 Å². The average Bonchev–Trinajstić information content (AvgIpc) is 3.25. The van der Waals surface area contributed by atoms with Gasteiger partial charge < -0.3 is 15.6 Å². The van der Waals surface area contributed by atoms with E-state index in [9.17, 15) is 13.2 Å². The second-order valence-corrected chi connectivity index (χ2v) is 7.61. The van der Waals surface area contributed by atoms with Crippen molar-refractivity contribution in [1.82, 2.24) is 19.7 Å². The molecule has 1 saturated heterocycles. The van der Waals surface area contributed by atoms with Gasteiger partial charge in [0.15, 0.2) is 11.6 Å². The van der Waals surface area contributed by atoms with E-state index in [-0.39, 0.29) is 5.92 Å². The summed E-state index contributed by atoms with van der Waals surface area (Å²) >= 11 is 6.04. The first-order valence-corrected chi connectivity index (χ1v) is 9.60. The van der Waals surface area contributed by atoms with Crippen molar-refractivity contribution >= 4 is 23.4 Å². The van der Waals surface area contributed by atoms with Gasteiger partial charge in [-0.15, -0.1) is 0 Å². The van der Waals surface area contributed by atoms with E-state index in [1.165, 1.54) is 4.68 Å². The third-order valence-electron chi connectivity index (χ3n) is 5.18. The van der Waals surface area contributed by atoms with Gasteiger partial charge in [0.05, 0.1) is 11.4 Å². The van der Waals surface area contributed by atoms with Crippen LogP contribution in [0.2, 0.25) is 5.02 Å². The quantitative estimate of drug-likeness (QED) is 0.647. The van der Waals surface area contributed by atoms with Gasteiger partial charge in [-0.05, 0) is 38.0 Å². The molecule has 2 aromatic heterocycles. The standard InChI is InChI=1S/C19H20ClF3N6/c1-11-17(26-18(24)25-11)12-5-7-28(8-6-12)16-10-15(19(21,22)23)27-29(16)14-4-2-3-13(20)9-14/h2-4,9-10,12H,5-8H2,1H3,(H3,24,25,26). The highest BCUT2D eigenvalue weighted by molar-refractivity contribution is 6.30. The van der Waals surface area contributed by atoms with Crippen LogP contribution in [0.15, 0.2) is 30.3 Å². The highest BCUT2D eigenvalue weighted by Gasteiger charge is 2.36. The van der Waals surface area contributed by atoms with Crippen LogP contribution in [0, 0.1) is 6.92 Å². The monoisotopic (exact) mass is 424 g/mol. The van der Waals surface area contributed by atoms with Crippen molar-refractivity contribution in [2.75, 3.05) is 23.7 Å². The maximum absolute atomic E-state index is 13.3. The number of benzene rings is 1. The van der Waals surface area contributed by atoms with Gasteiger partial charge in [0.25, 0.3) is 0 Å². The molecule has 0 atom stereocenters. The molecule has 1 aliphatic rings. The zero-order valence-electron chi connectivity index (χ0n) is 15.7. The first kappa shape index (κ1) is 19.6. The minimum absolute atomic E-state index is 0.212.